The van der Waals surface area contributed by atoms with Crippen molar-refractivity contribution >= 4 is 34.0 Å². The van der Waals surface area contributed by atoms with Crippen molar-refractivity contribution in [1.82, 2.24) is 15.0 Å². The molecule has 0 aliphatic rings. The molecule has 2 heterocycles. The lowest BCUT2D eigenvalue weighted by Crippen LogP contribution is -2.15. The molecule has 3 aromatic rings. The number of nitrogens with one attached hydrogen (secondary N) is 2. The van der Waals surface area contributed by atoms with Gasteiger partial charge < -0.3 is 14.8 Å². The molecule has 9 nitrogen and oxygen atoms in total. The highest BCUT2D eigenvalue weighted by Crippen LogP contribution is 2.29. The number of aromatic nitrogens is 3. The quantitative estimate of drug-likeness (QED) is 0.627. The average molecular weight is 399 g/mol. The van der Waals surface area contributed by atoms with E-state index in [1.807, 2.05) is 0 Å². The summed E-state index contributed by atoms with van der Waals surface area (Å²) in [7, 11) is 3.06. The van der Waals surface area contributed by atoms with E-state index < -0.39 is 5.91 Å². The van der Waals surface area contributed by atoms with Crippen LogP contribution in [0.1, 0.15) is 16.2 Å². The van der Waals surface area contributed by atoms with Crippen LogP contribution in [0.4, 0.5) is 10.8 Å². The predicted octanol–water partition coefficient (Wildman–Crippen LogP) is 2.38. The normalized spacial score (nSPS) is 10.2. The van der Waals surface area contributed by atoms with Gasteiger partial charge in [-0.2, -0.15) is 0 Å². The van der Waals surface area contributed by atoms with Crippen molar-refractivity contribution in [1.29, 1.82) is 0 Å². The van der Waals surface area contributed by atoms with Crippen LogP contribution < -0.4 is 20.1 Å². The number of hydrogen-bond donors (Lipinski definition) is 2. The van der Waals surface area contributed by atoms with E-state index in [1.165, 1.54) is 37.0 Å². The summed E-state index contributed by atoms with van der Waals surface area (Å²) in [6.07, 6.45) is 4.34. The van der Waals surface area contributed by atoms with Crippen LogP contribution in [0, 0.1) is 0 Å². The standard InChI is InChI=1S/C18H17N5O4S/c1-26-14-4-3-11(7-15(14)27-2)21-16(24)8-12-10-28-18(22-12)23-17(25)13-9-19-5-6-20-13/h3-7,9-10H,8H2,1-2H3,(H,21,24)(H,22,23,25). The summed E-state index contributed by atoms with van der Waals surface area (Å²) in [6, 6.07) is 5.09. The molecule has 10 heteroatoms. The van der Waals surface area contributed by atoms with Gasteiger partial charge in [-0.25, -0.2) is 9.97 Å². The Morgan fingerprint density at radius 1 is 1.11 bits per heavy atom. The molecule has 0 saturated carbocycles. The molecule has 0 aliphatic carbocycles. The molecule has 0 bridgehead atoms. The fourth-order valence-electron chi connectivity index (χ4n) is 2.31. The Hall–Kier alpha value is -3.53. The van der Waals surface area contributed by atoms with Gasteiger partial charge in [0.25, 0.3) is 5.91 Å². The van der Waals surface area contributed by atoms with Gasteiger partial charge in [0.15, 0.2) is 16.6 Å². The minimum absolute atomic E-state index is 0.0614. The van der Waals surface area contributed by atoms with E-state index in [9.17, 15) is 9.59 Å². The summed E-state index contributed by atoms with van der Waals surface area (Å²) in [5.41, 5.74) is 1.30. The predicted molar refractivity (Wildman–Crippen MR) is 104 cm³/mol. The number of hydrogen-bond acceptors (Lipinski definition) is 8. The highest BCUT2D eigenvalue weighted by atomic mass is 32.1. The number of rotatable bonds is 7. The molecule has 0 spiro atoms. The first-order valence-corrected chi connectivity index (χ1v) is 9.00. The fraction of sp³-hybridized carbons (Fsp3) is 0.167. The van der Waals surface area contributed by atoms with Gasteiger partial charge in [-0.3, -0.25) is 19.9 Å². The van der Waals surface area contributed by atoms with Crippen molar-refractivity contribution in [3.63, 3.8) is 0 Å². The number of carbonyl (C=O) groups is 2. The third-order valence-corrected chi connectivity index (χ3v) is 4.38. The van der Waals surface area contributed by atoms with Crippen LogP contribution in [-0.4, -0.2) is 41.0 Å². The maximum Gasteiger partial charge on any atom is 0.277 e. The van der Waals surface area contributed by atoms with Crippen LogP contribution in [-0.2, 0) is 11.2 Å². The van der Waals surface area contributed by atoms with Crippen LogP contribution in [0.5, 0.6) is 11.5 Å². The van der Waals surface area contributed by atoms with Crippen molar-refractivity contribution < 1.29 is 19.1 Å². The Balaban J connectivity index is 1.59. The topological polar surface area (TPSA) is 115 Å². The molecular weight excluding hydrogens is 382 g/mol. The summed E-state index contributed by atoms with van der Waals surface area (Å²) in [5, 5.41) is 7.50. The number of anilines is 2. The lowest BCUT2D eigenvalue weighted by atomic mass is 10.2. The van der Waals surface area contributed by atoms with Crippen LogP contribution in [0.2, 0.25) is 0 Å². The minimum atomic E-state index is -0.413. The summed E-state index contributed by atoms with van der Waals surface area (Å²) >= 11 is 1.22. The van der Waals surface area contributed by atoms with Crippen LogP contribution in [0.25, 0.3) is 0 Å². The maximum absolute atomic E-state index is 12.3. The minimum Gasteiger partial charge on any atom is -0.493 e. The zero-order valence-electron chi connectivity index (χ0n) is 15.1. The number of amides is 2. The number of nitrogens with zero attached hydrogens (tertiary/aromatic N) is 3. The van der Waals surface area contributed by atoms with E-state index in [4.69, 9.17) is 9.47 Å². The zero-order chi connectivity index (χ0) is 19.9. The van der Waals surface area contributed by atoms with E-state index in [2.05, 4.69) is 25.6 Å². The Kier molecular flexibility index (Phi) is 6.12. The highest BCUT2D eigenvalue weighted by molar-refractivity contribution is 7.14. The van der Waals surface area contributed by atoms with Crippen molar-refractivity contribution in [2.75, 3.05) is 24.9 Å². The molecule has 1 aromatic carbocycles. The van der Waals surface area contributed by atoms with Crippen molar-refractivity contribution in [2.45, 2.75) is 6.42 Å². The van der Waals surface area contributed by atoms with Crippen molar-refractivity contribution in [3.05, 3.63) is 53.6 Å². The van der Waals surface area contributed by atoms with E-state index in [1.54, 1.807) is 30.7 Å². The van der Waals surface area contributed by atoms with Crippen LogP contribution in [0.15, 0.2) is 42.2 Å². The molecule has 3 rings (SSSR count). The number of benzene rings is 1. The lowest BCUT2D eigenvalue weighted by molar-refractivity contribution is -0.115. The molecule has 0 fully saturated rings. The maximum atomic E-state index is 12.3. The first-order chi connectivity index (χ1) is 13.6. The number of methoxy groups -OCH3 is 2. The van der Waals surface area contributed by atoms with Crippen LogP contribution in [0.3, 0.4) is 0 Å². The van der Waals surface area contributed by atoms with Crippen molar-refractivity contribution in [3.8, 4) is 11.5 Å². The first-order valence-electron chi connectivity index (χ1n) is 8.12. The van der Waals surface area contributed by atoms with Crippen molar-refractivity contribution in [2.24, 2.45) is 0 Å². The molecule has 144 valence electrons. The van der Waals surface area contributed by atoms with Gasteiger partial charge in [-0.15, -0.1) is 11.3 Å². The summed E-state index contributed by atoms with van der Waals surface area (Å²) in [6.45, 7) is 0. The second-order valence-corrected chi connectivity index (χ2v) is 6.34. The Bertz CT molecular complexity index is 977. The second kappa shape index (κ2) is 8.91. The van der Waals surface area contributed by atoms with Gasteiger partial charge in [0.1, 0.15) is 5.69 Å². The molecule has 0 saturated heterocycles. The monoisotopic (exact) mass is 399 g/mol. The average Bonchev–Trinajstić information content (AvgIpc) is 3.14. The Labute approximate surface area is 164 Å². The molecule has 2 amide bonds. The van der Waals surface area contributed by atoms with E-state index in [0.717, 1.165) is 0 Å². The second-order valence-electron chi connectivity index (χ2n) is 5.48. The molecule has 2 N–H and O–H groups in total. The molecular formula is C18H17N5O4S. The van der Waals surface area contributed by atoms with Gasteiger partial charge in [0, 0.05) is 29.5 Å². The molecule has 0 radical (unpaired) electrons. The number of thiazole rings is 1. The zero-order valence-corrected chi connectivity index (χ0v) is 15.9. The van der Waals surface area contributed by atoms with Gasteiger partial charge in [0.05, 0.1) is 32.5 Å². The third kappa shape index (κ3) is 4.80. The van der Waals surface area contributed by atoms with Gasteiger partial charge in [-0.05, 0) is 12.1 Å². The van der Waals surface area contributed by atoms with Gasteiger partial charge in [0.2, 0.25) is 5.91 Å². The Morgan fingerprint density at radius 3 is 2.64 bits per heavy atom. The van der Waals surface area contributed by atoms with E-state index in [-0.39, 0.29) is 18.0 Å². The highest BCUT2D eigenvalue weighted by Gasteiger charge is 2.13. The van der Waals surface area contributed by atoms with Gasteiger partial charge >= 0.3 is 0 Å². The smallest absolute Gasteiger partial charge is 0.277 e. The summed E-state index contributed by atoms with van der Waals surface area (Å²) in [5.74, 6) is 0.430. The Morgan fingerprint density at radius 2 is 1.93 bits per heavy atom. The lowest BCUT2D eigenvalue weighted by Gasteiger charge is -2.10. The molecule has 2 aromatic heterocycles. The number of carbonyl (C=O) groups excluding carboxylic acids is 2. The largest absolute Gasteiger partial charge is 0.493 e. The molecule has 0 aliphatic heterocycles. The third-order valence-electron chi connectivity index (χ3n) is 3.58. The van der Waals surface area contributed by atoms with E-state index >= 15 is 0 Å². The van der Waals surface area contributed by atoms with Crippen LogP contribution >= 0.6 is 11.3 Å². The van der Waals surface area contributed by atoms with E-state index in [0.29, 0.717) is 28.0 Å². The van der Waals surface area contributed by atoms with Gasteiger partial charge in [-0.1, -0.05) is 0 Å². The SMILES string of the molecule is COc1ccc(NC(=O)Cc2csc(NC(=O)c3cnccn3)n2)cc1OC. The summed E-state index contributed by atoms with van der Waals surface area (Å²) in [4.78, 5) is 36.3. The molecule has 28 heavy (non-hydrogen) atoms. The first kappa shape index (κ1) is 19.2. The summed E-state index contributed by atoms with van der Waals surface area (Å²) < 4.78 is 10.4. The molecule has 0 atom stereocenters. The number of ether oxygens (including phenoxy) is 2. The molecule has 0 unspecified atom stereocenters. The fourth-order valence-corrected chi connectivity index (χ4v) is 3.01.